The number of hydrogen-bond donors (Lipinski definition) is 0. The summed E-state index contributed by atoms with van der Waals surface area (Å²) >= 11 is 0. The van der Waals surface area contributed by atoms with Crippen molar-refractivity contribution in [2.75, 3.05) is 13.2 Å². The van der Waals surface area contributed by atoms with E-state index in [1.54, 1.807) is 0 Å². The van der Waals surface area contributed by atoms with Crippen LogP contribution in [0.2, 0.25) is 0 Å². The van der Waals surface area contributed by atoms with Crippen molar-refractivity contribution in [3.8, 4) is 0 Å². The van der Waals surface area contributed by atoms with E-state index in [-0.39, 0.29) is 37.5 Å². The fourth-order valence-corrected chi connectivity index (χ4v) is 6.53. The molecule has 0 aliphatic heterocycles. The average Bonchev–Trinajstić information content (AvgIpc) is 3.33. The summed E-state index contributed by atoms with van der Waals surface area (Å²) in [6, 6.07) is 0. The Morgan fingerprint density at radius 1 is 0.313 bits per heavy atom. The predicted octanol–water partition coefficient (Wildman–Crippen LogP) is 17.6. The van der Waals surface area contributed by atoms with E-state index in [4.69, 9.17) is 14.2 Å². The second-order valence-electron chi connectivity index (χ2n) is 16.7. The first-order chi connectivity index (χ1) is 33.0. The summed E-state index contributed by atoms with van der Waals surface area (Å²) in [5.41, 5.74) is 0. The Balaban J connectivity index is 4.55. The van der Waals surface area contributed by atoms with Crippen molar-refractivity contribution in [2.45, 2.75) is 207 Å². The number of carbonyl (C=O) groups is 3. The summed E-state index contributed by atoms with van der Waals surface area (Å²) in [5.74, 6) is -1.03. The molecular formula is C61H94O6. The molecule has 0 spiro atoms. The van der Waals surface area contributed by atoms with Crippen molar-refractivity contribution in [1.29, 1.82) is 0 Å². The van der Waals surface area contributed by atoms with Crippen LogP contribution >= 0.6 is 0 Å². The molecule has 0 aromatic heterocycles. The summed E-state index contributed by atoms with van der Waals surface area (Å²) < 4.78 is 16.7. The van der Waals surface area contributed by atoms with E-state index < -0.39 is 6.10 Å². The van der Waals surface area contributed by atoms with Gasteiger partial charge in [0.25, 0.3) is 0 Å². The monoisotopic (exact) mass is 923 g/mol. The van der Waals surface area contributed by atoms with Gasteiger partial charge in [-0.2, -0.15) is 0 Å². The molecule has 0 aromatic rings. The molecule has 0 heterocycles. The second kappa shape index (κ2) is 53.9. The van der Waals surface area contributed by atoms with Crippen LogP contribution < -0.4 is 0 Å². The number of hydrogen-bond acceptors (Lipinski definition) is 6. The Kier molecular flexibility index (Phi) is 50.1. The predicted molar refractivity (Wildman–Crippen MR) is 288 cm³/mol. The Morgan fingerprint density at radius 2 is 0.627 bits per heavy atom. The number of rotatable bonds is 45. The first-order valence-electron chi connectivity index (χ1n) is 26.4. The van der Waals surface area contributed by atoms with Crippen LogP contribution in [0.1, 0.15) is 201 Å². The lowest BCUT2D eigenvalue weighted by atomic mass is 10.1. The average molecular weight is 923 g/mol. The highest BCUT2D eigenvalue weighted by Crippen LogP contribution is 2.12. The first kappa shape index (κ1) is 62.3. The van der Waals surface area contributed by atoms with Crippen LogP contribution in [-0.2, 0) is 28.6 Å². The van der Waals surface area contributed by atoms with Crippen molar-refractivity contribution in [3.63, 3.8) is 0 Å². The van der Waals surface area contributed by atoms with Gasteiger partial charge in [-0.25, -0.2) is 0 Å². The molecule has 0 radical (unpaired) electrons. The molecule has 67 heavy (non-hydrogen) atoms. The van der Waals surface area contributed by atoms with Crippen molar-refractivity contribution in [3.05, 3.63) is 146 Å². The zero-order valence-electron chi connectivity index (χ0n) is 42.6. The Hall–Kier alpha value is -4.71. The van der Waals surface area contributed by atoms with Gasteiger partial charge >= 0.3 is 17.9 Å². The van der Waals surface area contributed by atoms with Gasteiger partial charge in [-0.15, -0.1) is 0 Å². The standard InChI is InChI=1S/C61H94O6/c1-4-7-10-13-16-19-22-25-27-29-30-32-33-36-39-42-45-48-51-54-60(63)66-57-58(56-65-59(62)53-50-47-44-41-38-35-24-21-18-15-12-9-6-3)67-61(64)55-52-49-46-43-40-37-34-31-28-26-23-20-17-14-11-8-5-2/h7-12,15-21,24-28,30,32,34,37,43,46,58H,4-6,13-14,22-23,29,31,33,35-36,38-42,44-45,47-57H2,1-3H3/b10-7+,11-8+,12-9+,18-15+,19-16+,20-17+,24-21+,27-25+,28-26+,32-30+,37-34+,46-43+. The largest absolute Gasteiger partial charge is 0.462 e. The minimum atomic E-state index is -0.829. The van der Waals surface area contributed by atoms with E-state index >= 15 is 0 Å². The fourth-order valence-electron chi connectivity index (χ4n) is 6.53. The molecule has 0 N–H and O–H groups in total. The SMILES string of the molecule is CC/C=C/C=C/C=C/CCCCCCCC(=O)OCC(COC(=O)CCCCCCCC/C=C/C/C=C/C/C=C/C/C=C/CC)OC(=O)CCC/C=C/C/C=C/C/C=C/C/C=C/C/C=C/CC. The molecule has 0 aliphatic carbocycles. The molecule has 0 rings (SSSR count). The minimum Gasteiger partial charge on any atom is -0.462 e. The van der Waals surface area contributed by atoms with Gasteiger partial charge in [0, 0.05) is 19.3 Å². The summed E-state index contributed by atoms with van der Waals surface area (Å²) in [6.45, 7) is 6.18. The maximum absolute atomic E-state index is 12.8. The van der Waals surface area contributed by atoms with Crippen LogP contribution in [0.15, 0.2) is 146 Å². The van der Waals surface area contributed by atoms with Gasteiger partial charge in [-0.1, -0.05) is 212 Å². The van der Waals surface area contributed by atoms with Crippen LogP contribution in [0.25, 0.3) is 0 Å². The molecule has 0 saturated carbocycles. The van der Waals surface area contributed by atoms with Gasteiger partial charge in [0.2, 0.25) is 0 Å². The molecular weight excluding hydrogens is 829 g/mol. The van der Waals surface area contributed by atoms with Crippen molar-refractivity contribution < 1.29 is 28.6 Å². The molecule has 1 atom stereocenters. The van der Waals surface area contributed by atoms with E-state index in [1.165, 1.54) is 12.8 Å². The molecule has 0 bridgehead atoms. The highest BCUT2D eigenvalue weighted by molar-refractivity contribution is 5.71. The van der Waals surface area contributed by atoms with E-state index in [0.717, 1.165) is 141 Å². The second-order valence-corrected chi connectivity index (χ2v) is 16.7. The zero-order chi connectivity index (χ0) is 48.6. The Morgan fingerprint density at radius 3 is 1.04 bits per heavy atom. The van der Waals surface area contributed by atoms with Gasteiger partial charge in [0.05, 0.1) is 0 Å². The maximum atomic E-state index is 12.8. The van der Waals surface area contributed by atoms with Crippen LogP contribution in [0.3, 0.4) is 0 Å². The lowest BCUT2D eigenvalue weighted by molar-refractivity contribution is -0.167. The van der Waals surface area contributed by atoms with Gasteiger partial charge in [0.15, 0.2) is 6.10 Å². The van der Waals surface area contributed by atoms with Crippen molar-refractivity contribution in [1.82, 2.24) is 0 Å². The van der Waals surface area contributed by atoms with E-state index in [2.05, 4.69) is 161 Å². The van der Waals surface area contributed by atoms with Gasteiger partial charge in [-0.3, -0.25) is 14.4 Å². The van der Waals surface area contributed by atoms with E-state index in [9.17, 15) is 14.4 Å². The Bertz CT molecular complexity index is 1530. The third-order valence-electron chi connectivity index (χ3n) is 10.4. The number of carbonyl (C=O) groups excluding carboxylic acids is 3. The summed E-state index contributed by atoms with van der Waals surface area (Å²) in [5, 5.41) is 0. The third-order valence-corrected chi connectivity index (χ3v) is 10.4. The minimum absolute atomic E-state index is 0.121. The van der Waals surface area contributed by atoms with Gasteiger partial charge in [-0.05, 0) is 116 Å². The molecule has 0 amide bonds. The molecule has 374 valence electrons. The maximum Gasteiger partial charge on any atom is 0.306 e. The quantitative estimate of drug-likeness (QED) is 0.0199. The fraction of sp³-hybridized carbons (Fsp3) is 0.557. The number of unbranched alkanes of at least 4 members (excludes halogenated alkanes) is 12. The third kappa shape index (κ3) is 52.1. The number of ether oxygens (including phenoxy) is 3. The number of allylic oxidation sites excluding steroid dienone is 24. The van der Waals surface area contributed by atoms with Gasteiger partial charge < -0.3 is 14.2 Å². The molecule has 0 fully saturated rings. The summed E-state index contributed by atoms with van der Waals surface area (Å²) in [6.07, 6.45) is 76.9. The van der Waals surface area contributed by atoms with Gasteiger partial charge in [0.1, 0.15) is 13.2 Å². The molecule has 6 heteroatoms. The van der Waals surface area contributed by atoms with E-state index in [1.807, 2.05) is 6.08 Å². The van der Waals surface area contributed by atoms with Crippen LogP contribution in [0, 0.1) is 0 Å². The Labute approximate surface area is 410 Å². The topological polar surface area (TPSA) is 78.9 Å². The van der Waals surface area contributed by atoms with Crippen molar-refractivity contribution in [2.24, 2.45) is 0 Å². The van der Waals surface area contributed by atoms with Crippen LogP contribution in [-0.4, -0.2) is 37.2 Å². The molecule has 0 aliphatic rings. The first-order valence-corrected chi connectivity index (χ1v) is 26.4. The lowest BCUT2D eigenvalue weighted by Crippen LogP contribution is -2.30. The van der Waals surface area contributed by atoms with Crippen molar-refractivity contribution >= 4 is 17.9 Å². The van der Waals surface area contributed by atoms with E-state index in [0.29, 0.717) is 19.3 Å². The number of esters is 3. The lowest BCUT2D eigenvalue weighted by Gasteiger charge is -2.18. The highest BCUT2D eigenvalue weighted by atomic mass is 16.6. The normalized spacial score (nSPS) is 13.3. The molecule has 0 saturated heterocycles. The zero-order valence-corrected chi connectivity index (χ0v) is 42.6. The van der Waals surface area contributed by atoms with Crippen LogP contribution in [0.4, 0.5) is 0 Å². The smallest absolute Gasteiger partial charge is 0.306 e. The summed E-state index contributed by atoms with van der Waals surface area (Å²) in [7, 11) is 0. The molecule has 1 unspecified atom stereocenters. The molecule has 6 nitrogen and oxygen atoms in total. The molecule has 0 aromatic carbocycles. The highest BCUT2D eigenvalue weighted by Gasteiger charge is 2.19. The van der Waals surface area contributed by atoms with Crippen LogP contribution in [0.5, 0.6) is 0 Å². The summed E-state index contributed by atoms with van der Waals surface area (Å²) in [4.78, 5) is 38.0.